The topological polar surface area (TPSA) is 12.0 Å². The van der Waals surface area contributed by atoms with Crippen molar-refractivity contribution in [2.24, 2.45) is 0 Å². The van der Waals surface area contributed by atoms with E-state index in [1.807, 2.05) is 7.05 Å². The van der Waals surface area contributed by atoms with E-state index in [1.165, 1.54) is 0 Å². The van der Waals surface area contributed by atoms with Gasteiger partial charge in [0, 0.05) is 11.3 Å². The molecule has 0 fully saturated rings. The van der Waals surface area contributed by atoms with Crippen molar-refractivity contribution in [3.05, 3.63) is 0 Å². The Labute approximate surface area is 50.9 Å². The van der Waals surface area contributed by atoms with Crippen LogP contribution in [0.1, 0.15) is 13.8 Å². The van der Waals surface area contributed by atoms with Crippen LogP contribution < -0.4 is 5.32 Å². The molecular weight excluding hydrogens is 106 g/mol. The lowest BCUT2D eigenvalue weighted by Gasteiger charge is -2.14. The molecule has 0 radical (unpaired) electrons. The molecule has 0 aromatic rings. The number of hydrogen-bond acceptors (Lipinski definition) is 2. The lowest BCUT2D eigenvalue weighted by atomic mass is 10.2. The van der Waals surface area contributed by atoms with E-state index in [1.54, 1.807) is 0 Å². The number of hydrogen-bond donors (Lipinski definition) is 2. The molecule has 0 spiro atoms. The summed E-state index contributed by atoms with van der Waals surface area (Å²) in [5.74, 6) is 0. The summed E-state index contributed by atoms with van der Waals surface area (Å²) in [6, 6.07) is 0. The van der Waals surface area contributed by atoms with Crippen molar-refractivity contribution < 1.29 is 0 Å². The van der Waals surface area contributed by atoms with Crippen molar-refractivity contribution in [1.82, 2.24) is 5.32 Å². The zero-order chi connectivity index (χ0) is 5.91. The second-order valence-electron chi connectivity index (χ2n) is 2.34. The minimum Gasteiger partial charge on any atom is -0.318 e. The summed E-state index contributed by atoms with van der Waals surface area (Å²) in [5, 5.41) is 3.03. The molecule has 44 valence electrons. The molecule has 0 amide bonds. The monoisotopic (exact) mass is 119 g/mol. The van der Waals surface area contributed by atoms with Gasteiger partial charge in [-0.2, -0.15) is 12.6 Å². The first kappa shape index (κ1) is 7.31. The van der Waals surface area contributed by atoms with Gasteiger partial charge in [0.25, 0.3) is 0 Å². The van der Waals surface area contributed by atoms with Gasteiger partial charge >= 0.3 is 0 Å². The van der Waals surface area contributed by atoms with Gasteiger partial charge in [-0.05, 0) is 20.9 Å². The summed E-state index contributed by atoms with van der Waals surface area (Å²) in [6.07, 6.45) is 0. The molecule has 0 unspecified atom stereocenters. The smallest absolute Gasteiger partial charge is 0.0197 e. The minimum absolute atomic E-state index is 0.134. The lowest BCUT2D eigenvalue weighted by Crippen LogP contribution is -2.26. The summed E-state index contributed by atoms with van der Waals surface area (Å²) in [7, 11) is 1.93. The van der Waals surface area contributed by atoms with Crippen molar-refractivity contribution in [3.8, 4) is 0 Å². The Morgan fingerprint density at radius 3 is 2.00 bits per heavy atom. The van der Waals surface area contributed by atoms with Gasteiger partial charge in [-0.3, -0.25) is 0 Å². The molecular formula is C5H13NS. The van der Waals surface area contributed by atoms with Crippen LogP contribution >= 0.6 is 12.6 Å². The Balaban J connectivity index is 3.15. The van der Waals surface area contributed by atoms with Gasteiger partial charge in [-0.15, -0.1) is 0 Å². The molecule has 7 heavy (non-hydrogen) atoms. The molecule has 0 aliphatic rings. The second-order valence-corrected chi connectivity index (χ2v) is 3.55. The van der Waals surface area contributed by atoms with Crippen LogP contribution in [0.25, 0.3) is 0 Å². The Hall–Kier alpha value is 0.310. The first-order valence-electron chi connectivity index (χ1n) is 2.43. The fourth-order valence-electron chi connectivity index (χ4n) is 0.433. The molecule has 0 atom stereocenters. The fraction of sp³-hybridized carbons (Fsp3) is 1.00. The highest BCUT2D eigenvalue weighted by atomic mass is 32.1. The predicted octanol–water partition coefficient (Wildman–Crippen LogP) is 0.914. The van der Waals surface area contributed by atoms with Gasteiger partial charge in [-0.25, -0.2) is 0 Å². The van der Waals surface area contributed by atoms with Gasteiger partial charge < -0.3 is 5.32 Å². The Morgan fingerprint density at radius 2 is 2.00 bits per heavy atom. The van der Waals surface area contributed by atoms with Gasteiger partial charge in [0.1, 0.15) is 0 Å². The fourth-order valence-corrected chi connectivity index (χ4v) is 0.591. The zero-order valence-corrected chi connectivity index (χ0v) is 6.05. The van der Waals surface area contributed by atoms with E-state index in [9.17, 15) is 0 Å². The van der Waals surface area contributed by atoms with Crippen LogP contribution in [0.5, 0.6) is 0 Å². The average molecular weight is 119 g/mol. The number of nitrogens with one attached hydrogen (secondary N) is 1. The van der Waals surface area contributed by atoms with Crippen LogP contribution in [0.15, 0.2) is 0 Å². The first-order chi connectivity index (χ1) is 3.06. The average Bonchev–Trinajstić information content (AvgIpc) is 1.30. The summed E-state index contributed by atoms with van der Waals surface area (Å²) in [6.45, 7) is 5.11. The third-order valence-corrected chi connectivity index (χ3v) is 0.768. The maximum Gasteiger partial charge on any atom is 0.0197 e. The number of thiol groups is 1. The van der Waals surface area contributed by atoms with E-state index in [-0.39, 0.29) is 4.75 Å². The van der Waals surface area contributed by atoms with E-state index in [0.717, 1.165) is 6.54 Å². The second kappa shape index (κ2) is 2.58. The summed E-state index contributed by atoms with van der Waals surface area (Å²) in [4.78, 5) is 0. The third kappa shape index (κ3) is 6.31. The van der Waals surface area contributed by atoms with E-state index < -0.39 is 0 Å². The van der Waals surface area contributed by atoms with Gasteiger partial charge in [-0.1, -0.05) is 0 Å². The van der Waals surface area contributed by atoms with Crippen molar-refractivity contribution in [2.45, 2.75) is 18.6 Å². The van der Waals surface area contributed by atoms with E-state index in [0.29, 0.717) is 0 Å². The largest absolute Gasteiger partial charge is 0.318 e. The molecule has 0 bridgehead atoms. The van der Waals surface area contributed by atoms with Crippen molar-refractivity contribution >= 4 is 12.6 Å². The maximum absolute atomic E-state index is 4.27. The highest BCUT2D eigenvalue weighted by Crippen LogP contribution is 2.08. The van der Waals surface area contributed by atoms with Crippen molar-refractivity contribution in [1.29, 1.82) is 0 Å². The van der Waals surface area contributed by atoms with Crippen LogP contribution in [-0.4, -0.2) is 18.3 Å². The van der Waals surface area contributed by atoms with Crippen LogP contribution in [0.2, 0.25) is 0 Å². The maximum atomic E-state index is 4.27. The van der Waals surface area contributed by atoms with Crippen molar-refractivity contribution in [3.63, 3.8) is 0 Å². The van der Waals surface area contributed by atoms with Crippen LogP contribution in [0.3, 0.4) is 0 Å². The SMILES string of the molecule is CNCC(C)(C)S. The van der Waals surface area contributed by atoms with E-state index in [4.69, 9.17) is 0 Å². The molecule has 1 nitrogen and oxygen atoms in total. The summed E-state index contributed by atoms with van der Waals surface area (Å²) >= 11 is 4.27. The molecule has 1 N–H and O–H groups in total. The molecule has 0 aromatic carbocycles. The van der Waals surface area contributed by atoms with Crippen LogP contribution in [0, 0.1) is 0 Å². The minimum atomic E-state index is 0.134. The zero-order valence-electron chi connectivity index (χ0n) is 5.15. The van der Waals surface area contributed by atoms with Crippen LogP contribution in [0.4, 0.5) is 0 Å². The van der Waals surface area contributed by atoms with Crippen LogP contribution in [-0.2, 0) is 0 Å². The predicted molar refractivity (Wildman–Crippen MR) is 37.0 cm³/mol. The first-order valence-corrected chi connectivity index (χ1v) is 2.88. The molecule has 0 aliphatic heterocycles. The molecule has 0 heterocycles. The van der Waals surface area contributed by atoms with Gasteiger partial charge in [0.2, 0.25) is 0 Å². The van der Waals surface area contributed by atoms with E-state index >= 15 is 0 Å². The summed E-state index contributed by atoms with van der Waals surface area (Å²) in [5.41, 5.74) is 0. The molecule has 0 aromatic heterocycles. The highest BCUT2D eigenvalue weighted by molar-refractivity contribution is 7.81. The molecule has 0 saturated carbocycles. The standard InChI is InChI=1S/C5H13NS/c1-5(2,7)4-6-3/h6-7H,4H2,1-3H3. The quantitative estimate of drug-likeness (QED) is 0.515. The van der Waals surface area contributed by atoms with E-state index in [2.05, 4.69) is 31.8 Å². The molecule has 0 rings (SSSR count). The van der Waals surface area contributed by atoms with Gasteiger partial charge in [0.15, 0.2) is 0 Å². The lowest BCUT2D eigenvalue weighted by molar-refractivity contribution is 0.647. The Kier molecular flexibility index (Phi) is 2.69. The molecule has 2 heteroatoms. The normalized spacial score (nSPS) is 12.0. The molecule has 0 saturated heterocycles. The number of rotatable bonds is 2. The highest BCUT2D eigenvalue weighted by Gasteiger charge is 2.07. The van der Waals surface area contributed by atoms with Crippen molar-refractivity contribution in [2.75, 3.05) is 13.6 Å². The van der Waals surface area contributed by atoms with Gasteiger partial charge in [0.05, 0.1) is 0 Å². The Bertz CT molecular complexity index is 46.5. The molecule has 0 aliphatic carbocycles. The Morgan fingerprint density at radius 1 is 1.57 bits per heavy atom. The summed E-state index contributed by atoms with van der Waals surface area (Å²) < 4.78 is 0.134. The third-order valence-electron chi connectivity index (χ3n) is 0.609.